The predicted octanol–water partition coefficient (Wildman–Crippen LogP) is 4.74. The first-order valence-corrected chi connectivity index (χ1v) is 8.30. The zero-order valence-corrected chi connectivity index (χ0v) is 14.6. The molecule has 0 aliphatic heterocycles. The summed E-state index contributed by atoms with van der Waals surface area (Å²) in [6.07, 6.45) is 5.88. The van der Waals surface area contributed by atoms with Gasteiger partial charge in [0.15, 0.2) is 0 Å². The summed E-state index contributed by atoms with van der Waals surface area (Å²) in [4.78, 5) is 4.28. The fourth-order valence-corrected chi connectivity index (χ4v) is 3.19. The summed E-state index contributed by atoms with van der Waals surface area (Å²) in [5, 5.41) is 3.69. The molecule has 1 aromatic heterocycles. The molecular formula is C18H23BrN2. The lowest BCUT2D eigenvalue weighted by Crippen LogP contribution is -2.25. The molecule has 0 amide bonds. The number of benzene rings is 1. The van der Waals surface area contributed by atoms with Crippen LogP contribution in [0.1, 0.15) is 41.6 Å². The Morgan fingerprint density at radius 2 is 1.90 bits per heavy atom. The summed E-state index contributed by atoms with van der Waals surface area (Å²) in [6.45, 7) is 7.62. The number of hydrogen-bond acceptors (Lipinski definition) is 2. The normalized spacial score (nSPS) is 12.4. The van der Waals surface area contributed by atoms with E-state index in [-0.39, 0.29) is 0 Å². The van der Waals surface area contributed by atoms with Crippen LogP contribution in [0.5, 0.6) is 0 Å². The lowest BCUT2D eigenvalue weighted by molar-refractivity contribution is 0.524. The molecule has 112 valence electrons. The second-order valence-corrected chi connectivity index (χ2v) is 6.44. The number of pyridine rings is 1. The summed E-state index contributed by atoms with van der Waals surface area (Å²) in [7, 11) is 0. The van der Waals surface area contributed by atoms with Gasteiger partial charge in [-0.2, -0.15) is 0 Å². The minimum absolute atomic E-state index is 0.335. The molecule has 1 atom stereocenters. The average molecular weight is 347 g/mol. The van der Waals surface area contributed by atoms with E-state index in [1.807, 2.05) is 12.4 Å². The maximum Gasteiger partial charge on any atom is 0.0410 e. The van der Waals surface area contributed by atoms with Crippen molar-refractivity contribution in [3.05, 3.63) is 63.4 Å². The van der Waals surface area contributed by atoms with Gasteiger partial charge in [0, 0.05) is 22.9 Å². The Labute approximate surface area is 136 Å². The van der Waals surface area contributed by atoms with Crippen molar-refractivity contribution in [1.29, 1.82) is 0 Å². The summed E-state index contributed by atoms with van der Waals surface area (Å²) in [6, 6.07) is 9.01. The summed E-state index contributed by atoms with van der Waals surface area (Å²) >= 11 is 3.51. The molecule has 0 aliphatic rings. The van der Waals surface area contributed by atoms with Crippen LogP contribution in [-0.2, 0) is 6.42 Å². The Morgan fingerprint density at radius 3 is 2.52 bits per heavy atom. The number of aryl methyl sites for hydroxylation is 2. The van der Waals surface area contributed by atoms with Crippen LogP contribution in [0.25, 0.3) is 0 Å². The maximum atomic E-state index is 4.28. The van der Waals surface area contributed by atoms with E-state index in [1.54, 1.807) is 0 Å². The van der Waals surface area contributed by atoms with Gasteiger partial charge in [0.25, 0.3) is 0 Å². The third kappa shape index (κ3) is 4.39. The van der Waals surface area contributed by atoms with E-state index in [0.29, 0.717) is 6.04 Å². The van der Waals surface area contributed by atoms with Gasteiger partial charge in [-0.05, 0) is 77.5 Å². The van der Waals surface area contributed by atoms with Crippen molar-refractivity contribution in [1.82, 2.24) is 10.3 Å². The molecule has 1 unspecified atom stereocenters. The first kappa shape index (κ1) is 16.2. The van der Waals surface area contributed by atoms with E-state index in [1.165, 1.54) is 22.3 Å². The van der Waals surface area contributed by atoms with Crippen LogP contribution in [0.2, 0.25) is 0 Å². The summed E-state index contributed by atoms with van der Waals surface area (Å²) in [5.74, 6) is 0. The molecule has 0 saturated carbocycles. The molecule has 0 saturated heterocycles. The first-order chi connectivity index (χ1) is 10.1. The number of halogens is 1. The second-order valence-electron chi connectivity index (χ2n) is 5.53. The third-order valence-electron chi connectivity index (χ3n) is 3.73. The average Bonchev–Trinajstić information content (AvgIpc) is 2.44. The Morgan fingerprint density at radius 1 is 1.19 bits per heavy atom. The van der Waals surface area contributed by atoms with Crippen LogP contribution in [0.4, 0.5) is 0 Å². The van der Waals surface area contributed by atoms with Gasteiger partial charge in [-0.15, -0.1) is 0 Å². The van der Waals surface area contributed by atoms with Crippen molar-refractivity contribution in [3.8, 4) is 0 Å². The number of aromatic nitrogens is 1. The van der Waals surface area contributed by atoms with E-state index in [0.717, 1.165) is 23.9 Å². The molecule has 2 aromatic rings. The van der Waals surface area contributed by atoms with Crippen LogP contribution in [0.15, 0.2) is 41.1 Å². The predicted molar refractivity (Wildman–Crippen MR) is 92.6 cm³/mol. The highest BCUT2D eigenvalue weighted by molar-refractivity contribution is 9.10. The lowest BCUT2D eigenvalue weighted by atomic mass is 9.92. The molecule has 0 aliphatic carbocycles. The van der Waals surface area contributed by atoms with Gasteiger partial charge < -0.3 is 5.32 Å². The van der Waals surface area contributed by atoms with Crippen LogP contribution < -0.4 is 5.32 Å². The number of rotatable bonds is 6. The van der Waals surface area contributed by atoms with Crippen molar-refractivity contribution in [2.75, 3.05) is 6.54 Å². The minimum Gasteiger partial charge on any atom is -0.310 e. The number of nitrogens with one attached hydrogen (secondary N) is 1. The molecule has 2 rings (SSSR count). The Bertz CT molecular complexity index is 575. The Hall–Kier alpha value is -1.19. The number of hydrogen-bond donors (Lipinski definition) is 1. The van der Waals surface area contributed by atoms with Gasteiger partial charge in [0.05, 0.1) is 0 Å². The molecule has 0 fully saturated rings. The van der Waals surface area contributed by atoms with Gasteiger partial charge in [0.1, 0.15) is 0 Å². The maximum absolute atomic E-state index is 4.28. The molecule has 0 spiro atoms. The topological polar surface area (TPSA) is 24.9 Å². The molecule has 1 heterocycles. The fourth-order valence-electron chi connectivity index (χ4n) is 2.78. The largest absolute Gasteiger partial charge is 0.310 e. The van der Waals surface area contributed by atoms with Crippen LogP contribution in [-0.4, -0.2) is 11.5 Å². The standard InChI is InChI=1S/C18H23BrN2/c1-4-8-21-17(10-15-9-16(19)12-20-11-15)18-13(2)6-5-7-14(18)3/h5-7,9,11-12,17,21H,4,8,10H2,1-3H3. The van der Waals surface area contributed by atoms with Gasteiger partial charge >= 0.3 is 0 Å². The van der Waals surface area contributed by atoms with Gasteiger partial charge in [0.2, 0.25) is 0 Å². The Kier molecular flexibility index (Phi) is 5.95. The van der Waals surface area contributed by atoms with E-state index in [4.69, 9.17) is 0 Å². The Balaban J connectivity index is 2.30. The highest BCUT2D eigenvalue weighted by atomic mass is 79.9. The summed E-state index contributed by atoms with van der Waals surface area (Å²) < 4.78 is 1.04. The summed E-state index contributed by atoms with van der Waals surface area (Å²) in [5.41, 5.74) is 5.38. The monoisotopic (exact) mass is 346 g/mol. The molecule has 2 nitrogen and oxygen atoms in total. The van der Waals surface area contributed by atoms with E-state index in [9.17, 15) is 0 Å². The van der Waals surface area contributed by atoms with E-state index in [2.05, 4.69) is 71.3 Å². The smallest absolute Gasteiger partial charge is 0.0410 e. The molecule has 0 bridgehead atoms. The van der Waals surface area contributed by atoms with Crippen LogP contribution in [0, 0.1) is 13.8 Å². The quantitative estimate of drug-likeness (QED) is 0.816. The third-order valence-corrected chi connectivity index (χ3v) is 4.17. The SMILES string of the molecule is CCCNC(Cc1cncc(Br)c1)c1c(C)cccc1C. The molecule has 1 aromatic carbocycles. The molecule has 1 N–H and O–H groups in total. The molecule has 3 heteroatoms. The molecule has 21 heavy (non-hydrogen) atoms. The second kappa shape index (κ2) is 7.71. The van der Waals surface area contributed by atoms with Crippen LogP contribution >= 0.6 is 15.9 Å². The number of nitrogens with zero attached hydrogens (tertiary/aromatic N) is 1. The van der Waals surface area contributed by atoms with Crippen molar-refractivity contribution < 1.29 is 0 Å². The lowest BCUT2D eigenvalue weighted by Gasteiger charge is -2.23. The molecule has 0 radical (unpaired) electrons. The zero-order valence-electron chi connectivity index (χ0n) is 13.0. The van der Waals surface area contributed by atoms with Crippen molar-refractivity contribution in [3.63, 3.8) is 0 Å². The zero-order chi connectivity index (χ0) is 15.2. The van der Waals surface area contributed by atoms with Gasteiger partial charge in [-0.1, -0.05) is 25.1 Å². The van der Waals surface area contributed by atoms with Crippen molar-refractivity contribution in [2.24, 2.45) is 0 Å². The first-order valence-electron chi connectivity index (χ1n) is 7.50. The van der Waals surface area contributed by atoms with Gasteiger partial charge in [-0.25, -0.2) is 0 Å². The van der Waals surface area contributed by atoms with Crippen LogP contribution in [0.3, 0.4) is 0 Å². The highest BCUT2D eigenvalue weighted by Crippen LogP contribution is 2.25. The minimum atomic E-state index is 0.335. The fraction of sp³-hybridized carbons (Fsp3) is 0.389. The van der Waals surface area contributed by atoms with Crippen molar-refractivity contribution in [2.45, 2.75) is 39.7 Å². The highest BCUT2D eigenvalue weighted by Gasteiger charge is 2.16. The van der Waals surface area contributed by atoms with Crippen molar-refractivity contribution >= 4 is 15.9 Å². The van der Waals surface area contributed by atoms with E-state index < -0.39 is 0 Å². The van der Waals surface area contributed by atoms with Gasteiger partial charge in [-0.3, -0.25) is 4.98 Å². The molecular weight excluding hydrogens is 324 g/mol. The van der Waals surface area contributed by atoms with E-state index >= 15 is 0 Å².